The predicted octanol–water partition coefficient (Wildman–Crippen LogP) is 1.82. The quantitative estimate of drug-likeness (QED) is 0.711. The molecule has 1 aromatic heterocycles. The van der Waals surface area contributed by atoms with Gasteiger partial charge in [0.25, 0.3) is 0 Å². The molecule has 0 fully saturated rings. The Kier molecular flexibility index (Phi) is 1.96. The minimum Gasteiger partial charge on any atom is -0.310 e. The van der Waals surface area contributed by atoms with Crippen LogP contribution < -0.4 is 5.69 Å². The van der Waals surface area contributed by atoms with Gasteiger partial charge in [-0.3, -0.25) is 0 Å². The number of aryl methyl sites for hydroxylation is 1. The van der Waals surface area contributed by atoms with E-state index in [1.807, 2.05) is 0 Å². The highest BCUT2D eigenvalue weighted by atomic mass is 19.1. The number of benzene rings is 1. The highest BCUT2D eigenvalue weighted by Gasteiger charge is 2.04. The van der Waals surface area contributed by atoms with Crippen molar-refractivity contribution in [1.82, 2.24) is 9.97 Å². The van der Waals surface area contributed by atoms with Crippen LogP contribution in [0.25, 0.3) is 11.3 Å². The van der Waals surface area contributed by atoms with E-state index in [1.165, 1.54) is 12.1 Å². The summed E-state index contributed by atoms with van der Waals surface area (Å²) in [6, 6.07) is 5.98. The van der Waals surface area contributed by atoms with Crippen LogP contribution in [0.1, 0.15) is 5.69 Å². The fraction of sp³-hybridized carbons (Fsp3) is 0.100. The van der Waals surface area contributed by atoms with E-state index in [1.54, 1.807) is 19.1 Å². The molecule has 0 aliphatic heterocycles. The number of hydrogen-bond acceptors (Lipinski definition) is 1. The molecule has 0 saturated carbocycles. The Bertz CT molecular complexity index is 496. The van der Waals surface area contributed by atoms with E-state index in [4.69, 9.17) is 0 Å². The molecule has 0 atom stereocenters. The SMILES string of the molecule is Cc1[nH]c(=O)[nH]c1-c1ccc(F)cc1. The minimum absolute atomic E-state index is 0.248. The van der Waals surface area contributed by atoms with Crippen LogP contribution in [0.2, 0.25) is 0 Å². The van der Waals surface area contributed by atoms with Gasteiger partial charge in [0, 0.05) is 11.3 Å². The van der Waals surface area contributed by atoms with Gasteiger partial charge in [-0.15, -0.1) is 0 Å². The van der Waals surface area contributed by atoms with Crippen LogP contribution >= 0.6 is 0 Å². The highest BCUT2D eigenvalue weighted by molar-refractivity contribution is 5.61. The Hall–Kier alpha value is -1.84. The lowest BCUT2D eigenvalue weighted by Gasteiger charge is -1.98. The summed E-state index contributed by atoms with van der Waals surface area (Å²) in [6.45, 7) is 1.79. The predicted molar refractivity (Wildman–Crippen MR) is 51.5 cm³/mol. The summed E-state index contributed by atoms with van der Waals surface area (Å²) >= 11 is 0. The summed E-state index contributed by atoms with van der Waals surface area (Å²) in [7, 11) is 0. The fourth-order valence-corrected chi connectivity index (χ4v) is 1.38. The zero-order chi connectivity index (χ0) is 10.1. The van der Waals surface area contributed by atoms with Crippen molar-refractivity contribution in [3.63, 3.8) is 0 Å². The van der Waals surface area contributed by atoms with Gasteiger partial charge in [-0.2, -0.15) is 0 Å². The number of aromatic nitrogens is 2. The molecule has 0 aliphatic carbocycles. The summed E-state index contributed by atoms with van der Waals surface area (Å²) < 4.78 is 12.6. The molecule has 2 N–H and O–H groups in total. The van der Waals surface area contributed by atoms with E-state index in [9.17, 15) is 9.18 Å². The molecule has 14 heavy (non-hydrogen) atoms. The highest BCUT2D eigenvalue weighted by Crippen LogP contribution is 2.18. The van der Waals surface area contributed by atoms with Crippen LogP contribution in [0, 0.1) is 12.7 Å². The maximum atomic E-state index is 12.6. The Morgan fingerprint density at radius 1 is 1.14 bits per heavy atom. The Balaban J connectivity index is 2.54. The first kappa shape index (κ1) is 8.74. The van der Waals surface area contributed by atoms with Crippen molar-refractivity contribution in [2.75, 3.05) is 0 Å². The van der Waals surface area contributed by atoms with Crippen molar-refractivity contribution < 1.29 is 4.39 Å². The minimum atomic E-state index is -0.288. The summed E-state index contributed by atoms with van der Waals surface area (Å²) in [5.74, 6) is -0.288. The molecular formula is C10H9FN2O. The zero-order valence-corrected chi connectivity index (χ0v) is 7.60. The molecule has 4 heteroatoms. The van der Waals surface area contributed by atoms with Crippen LogP contribution in [0.5, 0.6) is 0 Å². The largest absolute Gasteiger partial charge is 0.323 e. The van der Waals surface area contributed by atoms with Crippen LogP contribution in [0.3, 0.4) is 0 Å². The van der Waals surface area contributed by atoms with E-state index >= 15 is 0 Å². The molecule has 2 aromatic rings. The summed E-state index contributed by atoms with van der Waals surface area (Å²) in [6.07, 6.45) is 0. The smallest absolute Gasteiger partial charge is 0.310 e. The summed E-state index contributed by atoms with van der Waals surface area (Å²) in [4.78, 5) is 16.2. The van der Waals surface area contributed by atoms with Crippen molar-refractivity contribution in [1.29, 1.82) is 0 Å². The lowest BCUT2D eigenvalue weighted by molar-refractivity contribution is 0.628. The van der Waals surface area contributed by atoms with Gasteiger partial charge in [0.15, 0.2) is 0 Å². The van der Waals surface area contributed by atoms with Gasteiger partial charge in [0.2, 0.25) is 0 Å². The second-order valence-corrected chi connectivity index (χ2v) is 3.09. The molecule has 0 bridgehead atoms. The molecule has 0 amide bonds. The normalized spacial score (nSPS) is 10.4. The summed E-state index contributed by atoms with van der Waals surface area (Å²) in [5.41, 5.74) is 2.00. The van der Waals surface area contributed by atoms with Gasteiger partial charge in [0.05, 0.1) is 5.69 Å². The average Bonchev–Trinajstić information content (AvgIpc) is 2.47. The third-order valence-corrected chi connectivity index (χ3v) is 2.05. The summed E-state index contributed by atoms with van der Waals surface area (Å²) in [5, 5.41) is 0. The molecule has 0 aliphatic rings. The lowest BCUT2D eigenvalue weighted by atomic mass is 10.1. The van der Waals surface area contributed by atoms with Gasteiger partial charge in [-0.05, 0) is 31.2 Å². The number of rotatable bonds is 1. The topological polar surface area (TPSA) is 48.6 Å². The van der Waals surface area contributed by atoms with Gasteiger partial charge in [0.1, 0.15) is 5.82 Å². The van der Waals surface area contributed by atoms with Crippen LogP contribution in [-0.4, -0.2) is 9.97 Å². The second kappa shape index (κ2) is 3.14. The molecule has 2 rings (SSSR count). The Labute approximate surface area is 79.6 Å². The standard InChI is InChI=1S/C10H9FN2O/c1-6-9(13-10(14)12-6)7-2-4-8(11)5-3-7/h2-5H,1H3,(H2,12,13,14). The van der Waals surface area contributed by atoms with Gasteiger partial charge >= 0.3 is 5.69 Å². The molecule has 0 unspecified atom stereocenters. The number of imidazole rings is 1. The molecule has 72 valence electrons. The Morgan fingerprint density at radius 2 is 1.79 bits per heavy atom. The zero-order valence-electron chi connectivity index (χ0n) is 7.60. The average molecular weight is 192 g/mol. The molecule has 1 heterocycles. The van der Waals surface area contributed by atoms with Gasteiger partial charge in [-0.1, -0.05) is 0 Å². The number of H-pyrrole nitrogens is 2. The molecule has 0 saturated heterocycles. The number of aromatic amines is 2. The van der Waals surface area contributed by atoms with E-state index < -0.39 is 0 Å². The second-order valence-electron chi connectivity index (χ2n) is 3.09. The van der Waals surface area contributed by atoms with Crippen LogP contribution in [0.4, 0.5) is 4.39 Å². The van der Waals surface area contributed by atoms with Crippen molar-refractivity contribution >= 4 is 0 Å². The number of halogens is 1. The third-order valence-electron chi connectivity index (χ3n) is 2.05. The van der Waals surface area contributed by atoms with Gasteiger partial charge in [-0.25, -0.2) is 9.18 Å². The molecule has 0 spiro atoms. The van der Waals surface area contributed by atoms with E-state index in [0.717, 1.165) is 11.3 Å². The van der Waals surface area contributed by atoms with Crippen molar-refractivity contribution in [2.24, 2.45) is 0 Å². The lowest BCUT2D eigenvalue weighted by Crippen LogP contribution is -2.00. The third kappa shape index (κ3) is 1.46. The van der Waals surface area contributed by atoms with Crippen LogP contribution in [0.15, 0.2) is 29.1 Å². The van der Waals surface area contributed by atoms with Crippen molar-refractivity contribution in [2.45, 2.75) is 6.92 Å². The molecule has 1 aromatic carbocycles. The monoisotopic (exact) mass is 192 g/mol. The molecule has 3 nitrogen and oxygen atoms in total. The maximum Gasteiger partial charge on any atom is 0.323 e. The van der Waals surface area contributed by atoms with Gasteiger partial charge < -0.3 is 9.97 Å². The number of nitrogens with one attached hydrogen (secondary N) is 2. The van der Waals surface area contributed by atoms with Crippen molar-refractivity contribution in [3.05, 3.63) is 46.3 Å². The van der Waals surface area contributed by atoms with Crippen molar-refractivity contribution in [3.8, 4) is 11.3 Å². The van der Waals surface area contributed by atoms with Crippen LogP contribution in [-0.2, 0) is 0 Å². The fourth-order valence-electron chi connectivity index (χ4n) is 1.38. The van der Waals surface area contributed by atoms with E-state index in [0.29, 0.717) is 5.69 Å². The Morgan fingerprint density at radius 3 is 2.29 bits per heavy atom. The molecular weight excluding hydrogens is 183 g/mol. The maximum absolute atomic E-state index is 12.6. The number of hydrogen-bond donors (Lipinski definition) is 2. The molecule has 0 radical (unpaired) electrons. The first-order chi connectivity index (χ1) is 6.66. The first-order valence-electron chi connectivity index (χ1n) is 4.21. The first-order valence-corrected chi connectivity index (χ1v) is 4.21. The van der Waals surface area contributed by atoms with E-state index in [-0.39, 0.29) is 11.5 Å². The van der Waals surface area contributed by atoms with E-state index in [2.05, 4.69) is 9.97 Å².